The number of anilines is 1. The first-order valence-corrected chi connectivity index (χ1v) is 8.95. The fraction of sp³-hybridized carbons (Fsp3) is 0.267. The summed E-state index contributed by atoms with van der Waals surface area (Å²) in [4.78, 5) is 37.7. The van der Waals surface area contributed by atoms with Gasteiger partial charge in [0.1, 0.15) is 11.6 Å². The predicted molar refractivity (Wildman–Crippen MR) is 94.4 cm³/mol. The van der Waals surface area contributed by atoms with Gasteiger partial charge in [-0.05, 0) is 18.6 Å². The van der Waals surface area contributed by atoms with Gasteiger partial charge in [0.15, 0.2) is 0 Å². The second-order valence-electron chi connectivity index (χ2n) is 5.31. The second kappa shape index (κ2) is 7.07. The lowest BCUT2D eigenvalue weighted by Crippen LogP contribution is -2.37. The lowest BCUT2D eigenvalue weighted by atomic mass is 10.1. The maximum atomic E-state index is 12.3. The number of aromatic nitrogens is 2. The Kier molecular flexibility index (Phi) is 5.03. The molecule has 1 aromatic carbocycles. The second-order valence-corrected chi connectivity index (χ2v) is 7.18. The van der Waals surface area contributed by atoms with Crippen LogP contribution < -0.4 is 5.32 Å². The third-order valence-electron chi connectivity index (χ3n) is 3.49. The van der Waals surface area contributed by atoms with Crippen LogP contribution in [-0.2, 0) is 11.2 Å². The van der Waals surface area contributed by atoms with E-state index in [9.17, 15) is 14.4 Å². The molecule has 2 heterocycles. The van der Waals surface area contributed by atoms with Crippen molar-refractivity contribution in [3.8, 4) is 0 Å². The van der Waals surface area contributed by atoms with E-state index in [1.54, 1.807) is 0 Å². The lowest BCUT2D eigenvalue weighted by Gasteiger charge is -2.12. The number of hydrogen-bond acceptors (Lipinski definition) is 6. The SMILES string of the molecule is CCCc1nnc(NC(=O)CN2C(=O)c3cc(Cl)c(Cl)cc3C2=O)s1. The molecular weight excluding hydrogens is 387 g/mol. The van der Waals surface area contributed by atoms with E-state index < -0.39 is 24.3 Å². The van der Waals surface area contributed by atoms with Crippen molar-refractivity contribution in [2.24, 2.45) is 0 Å². The molecule has 0 spiro atoms. The fourth-order valence-electron chi connectivity index (χ4n) is 2.35. The van der Waals surface area contributed by atoms with Crippen LogP contribution in [0.4, 0.5) is 5.13 Å². The Morgan fingerprint density at radius 3 is 2.32 bits per heavy atom. The predicted octanol–water partition coefficient (Wildman–Crippen LogP) is 3.03. The van der Waals surface area contributed by atoms with E-state index in [1.807, 2.05) is 6.92 Å². The summed E-state index contributed by atoms with van der Waals surface area (Å²) >= 11 is 13.0. The van der Waals surface area contributed by atoms with Crippen molar-refractivity contribution in [2.75, 3.05) is 11.9 Å². The van der Waals surface area contributed by atoms with Crippen LogP contribution in [0.25, 0.3) is 0 Å². The molecule has 0 saturated heterocycles. The molecule has 2 aromatic rings. The average Bonchev–Trinajstić information content (AvgIpc) is 3.08. The molecule has 1 aliphatic rings. The molecule has 3 amide bonds. The van der Waals surface area contributed by atoms with Crippen LogP contribution in [-0.4, -0.2) is 39.4 Å². The Balaban J connectivity index is 1.71. The van der Waals surface area contributed by atoms with Gasteiger partial charge >= 0.3 is 0 Å². The monoisotopic (exact) mass is 398 g/mol. The minimum Gasteiger partial charge on any atom is -0.299 e. The number of halogens is 2. The number of fused-ring (bicyclic) bond motifs is 1. The van der Waals surface area contributed by atoms with Crippen molar-refractivity contribution in [1.82, 2.24) is 15.1 Å². The van der Waals surface area contributed by atoms with Crippen LogP contribution in [0.15, 0.2) is 12.1 Å². The van der Waals surface area contributed by atoms with E-state index in [0.717, 1.165) is 22.7 Å². The van der Waals surface area contributed by atoms with Crippen LogP contribution >= 0.6 is 34.5 Å². The minimum atomic E-state index is -0.586. The summed E-state index contributed by atoms with van der Waals surface area (Å²) in [6, 6.07) is 2.66. The third-order valence-corrected chi connectivity index (χ3v) is 5.11. The molecule has 130 valence electrons. The summed E-state index contributed by atoms with van der Waals surface area (Å²) in [7, 11) is 0. The molecule has 0 radical (unpaired) electrons. The van der Waals surface area contributed by atoms with Crippen LogP contribution in [0.1, 0.15) is 39.1 Å². The van der Waals surface area contributed by atoms with Crippen LogP contribution in [0, 0.1) is 0 Å². The molecule has 0 bridgehead atoms. The van der Waals surface area contributed by atoms with Gasteiger partial charge in [-0.3, -0.25) is 24.6 Å². The number of nitrogens with zero attached hydrogens (tertiary/aromatic N) is 3. The highest BCUT2D eigenvalue weighted by Gasteiger charge is 2.37. The Morgan fingerprint density at radius 2 is 1.76 bits per heavy atom. The van der Waals surface area contributed by atoms with Gasteiger partial charge in [0.05, 0.1) is 21.2 Å². The minimum absolute atomic E-state index is 0.133. The quantitative estimate of drug-likeness (QED) is 0.781. The third kappa shape index (κ3) is 3.51. The molecule has 0 unspecified atom stereocenters. The molecule has 10 heteroatoms. The molecular formula is C15H12Cl2N4O3S. The van der Waals surface area contributed by atoms with Crippen molar-refractivity contribution >= 4 is 57.4 Å². The molecule has 0 aliphatic carbocycles. The number of aryl methyl sites for hydroxylation is 1. The standard InChI is InChI=1S/C15H12Cl2N4O3S/c1-2-3-12-19-20-15(25-12)18-11(22)6-21-13(23)7-4-9(16)10(17)5-8(7)14(21)24/h4-5H,2-3,6H2,1H3,(H,18,20,22). The highest BCUT2D eigenvalue weighted by molar-refractivity contribution is 7.15. The van der Waals surface area contributed by atoms with Crippen molar-refractivity contribution in [3.05, 3.63) is 38.3 Å². The first-order chi connectivity index (χ1) is 11.9. The van der Waals surface area contributed by atoms with E-state index in [0.29, 0.717) is 5.13 Å². The molecule has 7 nitrogen and oxygen atoms in total. The number of imide groups is 1. The molecule has 25 heavy (non-hydrogen) atoms. The first kappa shape index (κ1) is 17.8. The van der Waals surface area contributed by atoms with Gasteiger partial charge in [-0.2, -0.15) is 0 Å². The van der Waals surface area contributed by atoms with Crippen LogP contribution in [0.5, 0.6) is 0 Å². The molecule has 1 aliphatic heterocycles. The molecule has 1 aromatic heterocycles. The summed E-state index contributed by atoms with van der Waals surface area (Å²) in [5, 5.41) is 11.8. The Bertz CT molecular complexity index is 843. The fourth-order valence-corrected chi connectivity index (χ4v) is 3.53. The largest absolute Gasteiger partial charge is 0.299 e. The number of benzene rings is 1. The van der Waals surface area contributed by atoms with Gasteiger partial charge in [-0.15, -0.1) is 10.2 Å². The number of carbonyl (C=O) groups excluding carboxylic acids is 3. The zero-order valence-corrected chi connectivity index (χ0v) is 15.3. The Morgan fingerprint density at radius 1 is 1.16 bits per heavy atom. The van der Waals surface area contributed by atoms with E-state index >= 15 is 0 Å². The van der Waals surface area contributed by atoms with Gasteiger partial charge in [0.2, 0.25) is 11.0 Å². The van der Waals surface area contributed by atoms with Gasteiger partial charge < -0.3 is 0 Å². The number of amides is 3. The van der Waals surface area contributed by atoms with Gasteiger partial charge in [0, 0.05) is 6.42 Å². The summed E-state index contributed by atoms with van der Waals surface area (Å²) in [5.74, 6) is -1.71. The first-order valence-electron chi connectivity index (χ1n) is 7.38. The number of rotatable bonds is 5. The summed E-state index contributed by atoms with van der Waals surface area (Å²) in [6.45, 7) is 1.59. The zero-order valence-electron chi connectivity index (χ0n) is 13.0. The van der Waals surface area contributed by atoms with Gasteiger partial charge in [0.25, 0.3) is 11.8 Å². The van der Waals surface area contributed by atoms with E-state index in [-0.39, 0.29) is 21.2 Å². The zero-order chi connectivity index (χ0) is 18.1. The van der Waals surface area contributed by atoms with Gasteiger partial charge in [-0.1, -0.05) is 41.5 Å². The molecule has 0 fully saturated rings. The van der Waals surface area contributed by atoms with E-state index in [1.165, 1.54) is 23.5 Å². The maximum absolute atomic E-state index is 12.3. The maximum Gasteiger partial charge on any atom is 0.262 e. The number of nitrogens with one attached hydrogen (secondary N) is 1. The van der Waals surface area contributed by atoms with Crippen LogP contribution in [0.2, 0.25) is 10.0 Å². The Hall–Kier alpha value is -2.03. The van der Waals surface area contributed by atoms with Crippen molar-refractivity contribution in [3.63, 3.8) is 0 Å². The van der Waals surface area contributed by atoms with E-state index in [4.69, 9.17) is 23.2 Å². The highest BCUT2D eigenvalue weighted by atomic mass is 35.5. The summed E-state index contributed by atoms with van der Waals surface area (Å²) < 4.78 is 0. The topological polar surface area (TPSA) is 92.3 Å². The van der Waals surface area contributed by atoms with Gasteiger partial charge in [-0.25, -0.2) is 0 Å². The number of carbonyl (C=O) groups is 3. The highest BCUT2D eigenvalue weighted by Crippen LogP contribution is 2.31. The van der Waals surface area contributed by atoms with E-state index in [2.05, 4.69) is 15.5 Å². The number of hydrogen-bond donors (Lipinski definition) is 1. The summed E-state index contributed by atoms with van der Waals surface area (Å²) in [5.41, 5.74) is 0.265. The molecule has 0 atom stereocenters. The molecule has 3 rings (SSSR count). The molecule has 1 N–H and O–H groups in total. The molecule has 0 saturated carbocycles. The Labute approximate surface area is 156 Å². The van der Waals surface area contributed by atoms with Crippen LogP contribution in [0.3, 0.4) is 0 Å². The summed E-state index contributed by atoms with van der Waals surface area (Å²) in [6.07, 6.45) is 1.69. The smallest absolute Gasteiger partial charge is 0.262 e. The van der Waals surface area contributed by atoms with Crippen molar-refractivity contribution in [1.29, 1.82) is 0 Å². The lowest BCUT2D eigenvalue weighted by molar-refractivity contribution is -0.116. The average molecular weight is 399 g/mol. The van der Waals surface area contributed by atoms with Crippen molar-refractivity contribution < 1.29 is 14.4 Å². The van der Waals surface area contributed by atoms with Crippen molar-refractivity contribution in [2.45, 2.75) is 19.8 Å². The normalized spacial score (nSPS) is 13.3.